The number of nitrogens with zero attached hydrogens (tertiary/aromatic N) is 3. The third-order valence-corrected chi connectivity index (χ3v) is 3.59. The summed E-state index contributed by atoms with van der Waals surface area (Å²) in [5.74, 6) is 0.178. The lowest BCUT2D eigenvalue weighted by atomic mass is 10.1. The van der Waals surface area contributed by atoms with Crippen LogP contribution in [0.15, 0.2) is 59.1 Å². The van der Waals surface area contributed by atoms with Crippen LogP contribution in [0.1, 0.15) is 23.2 Å². The van der Waals surface area contributed by atoms with Crippen LogP contribution in [0.4, 0.5) is 0 Å². The second-order valence-electron chi connectivity index (χ2n) is 5.63. The Labute approximate surface area is 150 Å². The molecule has 0 aliphatic carbocycles. The van der Waals surface area contributed by atoms with Crippen molar-refractivity contribution in [3.8, 4) is 17.1 Å². The number of benzene rings is 2. The molecular weight excluding hydrogens is 334 g/mol. The highest BCUT2D eigenvalue weighted by molar-refractivity contribution is 5.97. The van der Waals surface area contributed by atoms with Gasteiger partial charge in [-0.05, 0) is 12.1 Å². The Balaban J connectivity index is 1.75. The monoisotopic (exact) mass is 351 g/mol. The first-order chi connectivity index (χ1) is 12.5. The van der Waals surface area contributed by atoms with Gasteiger partial charge in [0.2, 0.25) is 11.7 Å². The Hall–Kier alpha value is -3.48. The second-order valence-corrected chi connectivity index (χ2v) is 5.63. The summed E-state index contributed by atoms with van der Waals surface area (Å²) < 4.78 is 10.3. The van der Waals surface area contributed by atoms with Crippen LogP contribution in [0.25, 0.3) is 11.4 Å². The van der Waals surface area contributed by atoms with Gasteiger partial charge in [-0.1, -0.05) is 47.6 Å². The molecule has 1 aromatic heterocycles. The molecule has 0 radical (unpaired) electrons. The molecule has 26 heavy (non-hydrogen) atoms. The quantitative estimate of drug-likeness (QED) is 0.519. The number of ether oxygens (including phenoxy) is 1. The van der Waals surface area contributed by atoms with E-state index in [2.05, 4.69) is 10.1 Å². The molecule has 1 heterocycles. The zero-order chi connectivity index (χ0) is 18.5. The van der Waals surface area contributed by atoms with Gasteiger partial charge >= 0.3 is 5.97 Å². The number of esters is 1. The first-order valence-electron chi connectivity index (χ1n) is 7.95. The third-order valence-electron chi connectivity index (χ3n) is 3.59. The van der Waals surface area contributed by atoms with Gasteiger partial charge < -0.3 is 14.2 Å². The molecule has 3 rings (SSSR count). The summed E-state index contributed by atoms with van der Waals surface area (Å²) >= 11 is 0. The van der Waals surface area contributed by atoms with Gasteiger partial charge in [0.25, 0.3) is 5.91 Å². The lowest BCUT2D eigenvalue weighted by Crippen LogP contribution is -2.27. The molecule has 0 atom stereocenters. The highest BCUT2D eigenvalue weighted by atomic mass is 16.5. The number of rotatable bonds is 5. The molecule has 0 bridgehead atoms. The van der Waals surface area contributed by atoms with Crippen molar-refractivity contribution in [3.05, 3.63) is 66.1 Å². The molecule has 0 fully saturated rings. The topological polar surface area (TPSA) is 85.5 Å². The minimum atomic E-state index is -0.489. The molecular formula is C19H17N3O4. The van der Waals surface area contributed by atoms with E-state index in [1.54, 1.807) is 31.3 Å². The van der Waals surface area contributed by atoms with Crippen LogP contribution >= 0.6 is 0 Å². The van der Waals surface area contributed by atoms with E-state index in [0.717, 1.165) is 5.56 Å². The van der Waals surface area contributed by atoms with E-state index < -0.39 is 5.97 Å². The summed E-state index contributed by atoms with van der Waals surface area (Å²) in [7, 11) is 1.61. The van der Waals surface area contributed by atoms with E-state index in [1.807, 2.05) is 30.3 Å². The maximum Gasteiger partial charge on any atom is 0.308 e. The number of para-hydroxylation sites is 1. The summed E-state index contributed by atoms with van der Waals surface area (Å²) in [6.07, 6.45) is 0. The fourth-order valence-corrected chi connectivity index (χ4v) is 2.39. The standard InChI is InChI=1S/C19H17N3O4/c1-13(23)25-16-11-7-6-10-15(16)19(24)22(2)12-17-20-18(21-26-17)14-8-4-3-5-9-14/h3-11H,12H2,1-2H3. The van der Waals surface area contributed by atoms with E-state index in [-0.39, 0.29) is 23.8 Å². The highest BCUT2D eigenvalue weighted by Crippen LogP contribution is 2.21. The van der Waals surface area contributed by atoms with Gasteiger partial charge in [0.1, 0.15) is 12.3 Å². The lowest BCUT2D eigenvalue weighted by Gasteiger charge is -2.16. The second kappa shape index (κ2) is 7.60. The number of carbonyl (C=O) groups excluding carboxylic acids is 2. The van der Waals surface area contributed by atoms with Crippen LogP contribution in [-0.4, -0.2) is 34.0 Å². The molecule has 7 heteroatoms. The Morgan fingerprint density at radius 2 is 1.77 bits per heavy atom. The van der Waals surface area contributed by atoms with Crippen LogP contribution < -0.4 is 4.74 Å². The van der Waals surface area contributed by atoms with Gasteiger partial charge in [-0.2, -0.15) is 4.98 Å². The minimum absolute atomic E-state index is 0.132. The minimum Gasteiger partial charge on any atom is -0.426 e. The molecule has 0 unspecified atom stereocenters. The molecule has 7 nitrogen and oxygen atoms in total. The van der Waals surface area contributed by atoms with Gasteiger partial charge in [0.05, 0.1) is 5.56 Å². The van der Waals surface area contributed by atoms with Crippen LogP contribution in [0.2, 0.25) is 0 Å². The van der Waals surface area contributed by atoms with Crippen molar-refractivity contribution in [1.82, 2.24) is 15.0 Å². The normalized spacial score (nSPS) is 10.4. The molecule has 3 aromatic rings. The van der Waals surface area contributed by atoms with E-state index >= 15 is 0 Å². The summed E-state index contributed by atoms with van der Waals surface area (Å²) in [5.41, 5.74) is 1.12. The van der Waals surface area contributed by atoms with Gasteiger partial charge in [-0.25, -0.2) is 0 Å². The third kappa shape index (κ3) is 3.94. The van der Waals surface area contributed by atoms with Crippen molar-refractivity contribution in [1.29, 1.82) is 0 Å². The predicted molar refractivity (Wildman–Crippen MR) is 93.3 cm³/mol. The summed E-state index contributed by atoms with van der Waals surface area (Å²) in [4.78, 5) is 29.6. The zero-order valence-corrected chi connectivity index (χ0v) is 14.4. The maximum absolute atomic E-state index is 12.7. The van der Waals surface area contributed by atoms with Crippen LogP contribution in [0.3, 0.4) is 0 Å². The van der Waals surface area contributed by atoms with Crippen molar-refractivity contribution >= 4 is 11.9 Å². The van der Waals surface area contributed by atoms with Gasteiger partial charge in [-0.15, -0.1) is 0 Å². The van der Waals surface area contributed by atoms with Crippen molar-refractivity contribution < 1.29 is 18.8 Å². The SMILES string of the molecule is CC(=O)Oc1ccccc1C(=O)N(C)Cc1nc(-c2ccccc2)no1. The molecule has 0 aliphatic heterocycles. The summed E-state index contributed by atoms with van der Waals surface area (Å²) in [6, 6.07) is 16.0. The average Bonchev–Trinajstić information content (AvgIpc) is 3.10. The van der Waals surface area contributed by atoms with Gasteiger partial charge in [0.15, 0.2) is 0 Å². The predicted octanol–water partition coefficient (Wildman–Crippen LogP) is 2.93. The van der Waals surface area contributed by atoms with E-state index in [1.165, 1.54) is 11.8 Å². The average molecular weight is 351 g/mol. The van der Waals surface area contributed by atoms with E-state index in [9.17, 15) is 9.59 Å². The van der Waals surface area contributed by atoms with Crippen molar-refractivity contribution in [2.45, 2.75) is 13.5 Å². The fraction of sp³-hybridized carbons (Fsp3) is 0.158. The van der Waals surface area contributed by atoms with E-state index in [0.29, 0.717) is 11.7 Å². The van der Waals surface area contributed by atoms with E-state index in [4.69, 9.17) is 9.26 Å². The number of hydrogen-bond donors (Lipinski definition) is 0. The molecule has 0 saturated heterocycles. The van der Waals surface area contributed by atoms with Crippen LogP contribution in [0.5, 0.6) is 5.75 Å². The van der Waals surface area contributed by atoms with Crippen molar-refractivity contribution in [2.24, 2.45) is 0 Å². The Bertz CT molecular complexity index is 921. The molecule has 0 N–H and O–H groups in total. The van der Waals surface area contributed by atoms with Crippen LogP contribution in [0, 0.1) is 0 Å². The summed E-state index contributed by atoms with van der Waals surface area (Å²) in [6.45, 7) is 1.42. The molecule has 132 valence electrons. The zero-order valence-electron chi connectivity index (χ0n) is 14.4. The molecule has 0 spiro atoms. The first kappa shape index (κ1) is 17.3. The van der Waals surface area contributed by atoms with Crippen molar-refractivity contribution in [3.63, 3.8) is 0 Å². The Morgan fingerprint density at radius 3 is 2.50 bits per heavy atom. The fourth-order valence-electron chi connectivity index (χ4n) is 2.39. The molecule has 0 saturated carbocycles. The molecule has 0 aliphatic rings. The van der Waals surface area contributed by atoms with Crippen LogP contribution in [-0.2, 0) is 11.3 Å². The largest absolute Gasteiger partial charge is 0.426 e. The first-order valence-corrected chi connectivity index (χ1v) is 7.95. The number of hydrogen-bond acceptors (Lipinski definition) is 6. The Morgan fingerprint density at radius 1 is 1.08 bits per heavy atom. The molecule has 2 aromatic carbocycles. The molecule has 1 amide bonds. The summed E-state index contributed by atoms with van der Waals surface area (Å²) in [5, 5.41) is 3.94. The number of carbonyl (C=O) groups is 2. The lowest BCUT2D eigenvalue weighted by molar-refractivity contribution is -0.131. The smallest absolute Gasteiger partial charge is 0.308 e. The van der Waals surface area contributed by atoms with Gasteiger partial charge in [0, 0.05) is 19.5 Å². The number of aromatic nitrogens is 2. The maximum atomic E-state index is 12.7. The number of amides is 1. The highest BCUT2D eigenvalue weighted by Gasteiger charge is 2.20. The Kier molecular flexibility index (Phi) is 5.07. The van der Waals surface area contributed by atoms with Crippen molar-refractivity contribution in [2.75, 3.05) is 7.05 Å². The van der Waals surface area contributed by atoms with Gasteiger partial charge in [-0.3, -0.25) is 9.59 Å².